The van der Waals surface area contributed by atoms with Crippen LogP contribution in [0.25, 0.3) is 0 Å². The van der Waals surface area contributed by atoms with Gasteiger partial charge in [-0.1, -0.05) is 13.0 Å². The lowest BCUT2D eigenvalue weighted by Crippen LogP contribution is -2.35. The minimum Gasteiger partial charge on any atom is -0.342 e. The van der Waals surface area contributed by atoms with Gasteiger partial charge in [-0.3, -0.25) is 4.79 Å². The number of benzene rings is 1. The number of nitrogens with zero attached hydrogens (tertiary/aromatic N) is 1. The molecule has 0 aromatic heterocycles. The molecule has 0 radical (unpaired) electrons. The van der Waals surface area contributed by atoms with Crippen molar-refractivity contribution in [1.29, 1.82) is 0 Å². The lowest BCUT2D eigenvalue weighted by atomic mass is 9.90. The van der Waals surface area contributed by atoms with E-state index in [2.05, 4.69) is 6.92 Å². The van der Waals surface area contributed by atoms with Gasteiger partial charge in [-0.15, -0.1) is 0 Å². The van der Waals surface area contributed by atoms with E-state index in [-0.39, 0.29) is 28.7 Å². The van der Waals surface area contributed by atoms with Crippen LogP contribution in [0.15, 0.2) is 18.2 Å². The van der Waals surface area contributed by atoms with Gasteiger partial charge in [0, 0.05) is 30.5 Å². The van der Waals surface area contributed by atoms with E-state index in [1.54, 1.807) is 4.90 Å². The summed E-state index contributed by atoms with van der Waals surface area (Å²) in [7, 11) is 0. The summed E-state index contributed by atoms with van der Waals surface area (Å²) in [6.45, 7) is 3.95. The molecule has 0 spiro atoms. The molecule has 3 rings (SSSR count). The summed E-state index contributed by atoms with van der Waals surface area (Å²) in [5, 5.41) is 0. The average Bonchev–Trinajstić information content (AvgIpc) is 3.13. The maximum Gasteiger partial charge on any atom is 0.226 e. The molecule has 1 aromatic carbocycles. The Morgan fingerprint density at radius 2 is 2.10 bits per heavy atom. The summed E-state index contributed by atoms with van der Waals surface area (Å²) in [4.78, 5) is 14.3. The first-order chi connectivity index (χ1) is 9.95. The second-order valence-electron chi connectivity index (χ2n) is 6.61. The summed E-state index contributed by atoms with van der Waals surface area (Å²) in [6.07, 6.45) is 1.42. The number of likely N-dealkylation sites (tertiary alicyclic amines) is 1. The molecule has 2 aliphatic rings. The molecule has 1 aromatic rings. The minimum absolute atomic E-state index is 0.0137. The molecule has 3 nitrogen and oxygen atoms in total. The van der Waals surface area contributed by atoms with Gasteiger partial charge in [-0.25, -0.2) is 8.78 Å². The zero-order valence-electron chi connectivity index (χ0n) is 12.1. The number of hydrogen-bond donors (Lipinski definition) is 1. The van der Waals surface area contributed by atoms with E-state index in [4.69, 9.17) is 5.73 Å². The van der Waals surface area contributed by atoms with Crippen molar-refractivity contribution >= 4 is 5.91 Å². The topological polar surface area (TPSA) is 46.3 Å². The van der Waals surface area contributed by atoms with E-state index in [1.165, 1.54) is 18.2 Å². The normalized spacial score (nSPS) is 31.5. The van der Waals surface area contributed by atoms with Crippen LogP contribution in [0.5, 0.6) is 0 Å². The Balaban J connectivity index is 1.70. The summed E-state index contributed by atoms with van der Waals surface area (Å²) in [6, 6.07) is 3.85. The standard InChI is InChI=1S/C16H20F2N2O/c1-16(8-19)5-6-20(9-16)15(21)11-7-10(11)14-12(17)3-2-4-13(14)18/h2-4,10-11H,5-9,19H2,1H3. The van der Waals surface area contributed by atoms with E-state index in [1.807, 2.05) is 0 Å². The Labute approximate surface area is 123 Å². The molecule has 21 heavy (non-hydrogen) atoms. The van der Waals surface area contributed by atoms with Crippen LogP contribution in [0.2, 0.25) is 0 Å². The van der Waals surface area contributed by atoms with Crippen molar-refractivity contribution in [2.24, 2.45) is 17.1 Å². The Kier molecular flexibility index (Phi) is 3.48. The molecule has 5 heteroatoms. The zero-order valence-corrected chi connectivity index (χ0v) is 12.1. The number of halogens is 2. The van der Waals surface area contributed by atoms with E-state index < -0.39 is 11.6 Å². The third kappa shape index (κ3) is 2.55. The molecule has 1 amide bonds. The molecule has 114 valence electrons. The van der Waals surface area contributed by atoms with Crippen molar-refractivity contribution in [2.75, 3.05) is 19.6 Å². The maximum absolute atomic E-state index is 13.8. The SMILES string of the molecule is CC1(CN)CCN(C(=O)C2CC2c2c(F)cccc2F)C1. The molecule has 2 fully saturated rings. The monoisotopic (exact) mass is 294 g/mol. The van der Waals surface area contributed by atoms with Gasteiger partial charge in [0.15, 0.2) is 0 Å². The highest BCUT2D eigenvalue weighted by molar-refractivity contribution is 5.83. The van der Waals surface area contributed by atoms with Gasteiger partial charge in [0.25, 0.3) is 0 Å². The Hall–Kier alpha value is -1.49. The first-order valence-corrected chi connectivity index (χ1v) is 7.38. The van der Waals surface area contributed by atoms with Crippen molar-refractivity contribution in [3.63, 3.8) is 0 Å². The molecule has 1 saturated heterocycles. The Morgan fingerprint density at radius 1 is 1.43 bits per heavy atom. The highest BCUT2D eigenvalue weighted by Gasteiger charge is 2.49. The molecule has 3 unspecified atom stereocenters. The molecular formula is C16H20F2N2O. The Morgan fingerprint density at radius 3 is 2.67 bits per heavy atom. The summed E-state index contributed by atoms with van der Waals surface area (Å²) in [5.74, 6) is -1.69. The second-order valence-corrected chi connectivity index (χ2v) is 6.61. The molecule has 2 N–H and O–H groups in total. The lowest BCUT2D eigenvalue weighted by Gasteiger charge is -2.22. The molecule has 1 aliphatic carbocycles. The molecule has 1 heterocycles. The first-order valence-electron chi connectivity index (χ1n) is 7.38. The van der Waals surface area contributed by atoms with Gasteiger partial charge in [-0.2, -0.15) is 0 Å². The molecule has 1 aliphatic heterocycles. The third-order valence-corrected chi connectivity index (χ3v) is 4.84. The molecular weight excluding hydrogens is 274 g/mol. The smallest absolute Gasteiger partial charge is 0.226 e. The Bertz CT molecular complexity index is 557. The van der Waals surface area contributed by atoms with Crippen molar-refractivity contribution in [1.82, 2.24) is 4.90 Å². The van der Waals surface area contributed by atoms with E-state index in [0.29, 0.717) is 26.1 Å². The predicted octanol–water partition coefficient (Wildman–Crippen LogP) is 2.27. The molecule has 1 saturated carbocycles. The van der Waals surface area contributed by atoms with Gasteiger partial charge in [-0.05, 0) is 36.9 Å². The summed E-state index contributed by atoms with van der Waals surface area (Å²) < 4.78 is 27.5. The van der Waals surface area contributed by atoms with Crippen LogP contribution in [-0.4, -0.2) is 30.4 Å². The summed E-state index contributed by atoms with van der Waals surface area (Å²) >= 11 is 0. The number of carbonyl (C=O) groups is 1. The van der Waals surface area contributed by atoms with E-state index >= 15 is 0 Å². The van der Waals surface area contributed by atoms with Gasteiger partial charge in [0.1, 0.15) is 11.6 Å². The molecule has 3 atom stereocenters. The van der Waals surface area contributed by atoms with Gasteiger partial charge in [0.2, 0.25) is 5.91 Å². The van der Waals surface area contributed by atoms with Gasteiger partial charge < -0.3 is 10.6 Å². The number of rotatable bonds is 3. The van der Waals surface area contributed by atoms with Crippen LogP contribution < -0.4 is 5.73 Å². The lowest BCUT2D eigenvalue weighted by molar-refractivity contribution is -0.132. The fraction of sp³-hybridized carbons (Fsp3) is 0.562. The van der Waals surface area contributed by atoms with Crippen LogP contribution in [-0.2, 0) is 4.79 Å². The van der Waals surface area contributed by atoms with Gasteiger partial charge >= 0.3 is 0 Å². The van der Waals surface area contributed by atoms with Crippen LogP contribution in [0.4, 0.5) is 8.78 Å². The minimum atomic E-state index is -0.552. The highest BCUT2D eigenvalue weighted by atomic mass is 19.1. The summed E-state index contributed by atoms with van der Waals surface area (Å²) in [5.41, 5.74) is 5.78. The van der Waals surface area contributed by atoms with E-state index in [9.17, 15) is 13.6 Å². The maximum atomic E-state index is 13.8. The van der Waals surface area contributed by atoms with Crippen LogP contribution >= 0.6 is 0 Å². The van der Waals surface area contributed by atoms with E-state index in [0.717, 1.165) is 6.42 Å². The second kappa shape index (κ2) is 5.05. The number of hydrogen-bond acceptors (Lipinski definition) is 2. The quantitative estimate of drug-likeness (QED) is 0.929. The number of carbonyl (C=O) groups excluding carboxylic acids is 1. The number of amides is 1. The van der Waals surface area contributed by atoms with Crippen molar-refractivity contribution in [2.45, 2.75) is 25.7 Å². The van der Waals surface area contributed by atoms with Crippen molar-refractivity contribution in [3.05, 3.63) is 35.4 Å². The fourth-order valence-electron chi connectivity index (χ4n) is 3.26. The number of nitrogens with two attached hydrogens (primary N) is 1. The fourth-order valence-corrected chi connectivity index (χ4v) is 3.26. The predicted molar refractivity (Wildman–Crippen MR) is 75.6 cm³/mol. The van der Waals surface area contributed by atoms with Gasteiger partial charge in [0.05, 0.1) is 0 Å². The van der Waals surface area contributed by atoms with Crippen molar-refractivity contribution < 1.29 is 13.6 Å². The van der Waals surface area contributed by atoms with Crippen LogP contribution in [0.1, 0.15) is 31.2 Å². The molecule has 0 bridgehead atoms. The van der Waals surface area contributed by atoms with Crippen molar-refractivity contribution in [3.8, 4) is 0 Å². The average molecular weight is 294 g/mol. The highest BCUT2D eigenvalue weighted by Crippen LogP contribution is 2.50. The third-order valence-electron chi connectivity index (χ3n) is 4.84. The van der Waals surface area contributed by atoms with Crippen LogP contribution in [0, 0.1) is 23.0 Å². The van der Waals surface area contributed by atoms with Crippen LogP contribution in [0.3, 0.4) is 0 Å². The largest absolute Gasteiger partial charge is 0.342 e. The first kappa shape index (κ1) is 14.4. The zero-order chi connectivity index (χ0) is 15.2.